The molecule has 2 aromatic heterocycles. The van der Waals surface area contributed by atoms with E-state index in [9.17, 15) is 20.4 Å². The summed E-state index contributed by atoms with van der Waals surface area (Å²) in [5.74, 6) is 0.547. The van der Waals surface area contributed by atoms with Gasteiger partial charge in [0.05, 0.1) is 11.3 Å². The minimum atomic E-state index is 0. The van der Waals surface area contributed by atoms with Crippen LogP contribution in [0.3, 0.4) is 0 Å². The number of ketones is 1. The monoisotopic (exact) mass is 766 g/mol. The zero-order chi connectivity index (χ0) is 30.2. The van der Waals surface area contributed by atoms with Crippen molar-refractivity contribution >= 4 is 48.8 Å². The fraction of sp³-hybridized carbons (Fsp3) is 0.286. The maximum Gasteiger partial charge on any atom is 0.170 e. The summed E-state index contributed by atoms with van der Waals surface area (Å²) in [6.07, 6.45) is 4.91. The zero-order valence-electron chi connectivity index (χ0n) is 24.6. The first-order chi connectivity index (χ1) is 20.4. The van der Waals surface area contributed by atoms with Crippen molar-refractivity contribution in [3.8, 4) is 22.7 Å². The van der Waals surface area contributed by atoms with Crippen molar-refractivity contribution in [1.29, 1.82) is 10.5 Å². The van der Waals surface area contributed by atoms with Gasteiger partial charge < -0.3 is 5.11 Å². The fourth-order valence-corrected chi connectivity index (χ4v) is 6.15. The van der Waals surface area contributed by atoms with Crippen LogP contribution in [0.4, 0.5) is 0 Å². The normalized spacial score (nSPS) is 11.2. The van der Waals surface area contributed by atoms with Gasteiger partial charge in [0.25, 0.3) is 0 Å². The average molecular weight is 766 g/mol. The Hall–Kier alpha value is -3.94. The van der Waals surface area contributed by atoms with Gasteiger partial charge in [0, 0.05) is 54.5 Å². The molecule has 0 unspecified atom stereocenters. The second kappa shape index (κ2) is 15.5. The zero-order valence-corrected chi connectivity index (χ0v) is 27.9. The van der Waals surface area contributed by atoms with Crippen molar-refractivity contribution < 1.29 is 30.0 Å². The third kappa shape index (κ3) is 7.17. The number of hydrogen-bond donors (Lipinski definition) is 1. The summed E-state index contributed by atoms with van der Waals surface area (Å²) in [5, 5.41) is 41.6. The molecular formula is C35H33IrN4O2S-. The number of thiophene rings is 1. The molecule has 8 heteroatoms. The van der Waals surface area contributed by atoms with Gasteiger partial charge in [0.1, 0.15) is 12.1 Å². The maximum atomic E-state index is 11.7. The van der Waals surface area contributed by atoms with Gasteiger partial charge in [-0.1, -0.05) is 70.2 Å². The SMILES string of the molecule is CCC(CC)C(=O)/C=C(\O)C(CC)CC.N#Cc1nnc(-c2[c-]c3ccccc3s2)c2cc3ccccc3c(C#N)c12.[Ir]. The molecule has 43 heavy (non-hydrogen) atoms. The van der Waals surface area contributed by atoms with E-state index in [0.717, 1.165) is 56.8 Å². The number of aliphatic hydroxyl groups excluding tert-OH is 1. The molecule has 0 aliphatic heterocycles. The molecule has 0 atom stereocenters. The number of carbonyl (C=O) groups excluding carboxylic acids is 1. The van der Waals surface area contributed by atoms with Crippen molar-refractivity contribution in [1.82, 2.24) is 10.2 Å². The molecule has 0 spiro atoms. The molecule has 0 amide bonds. The summed E-state index contributed by atoms with van der Waals surface area (Å²) in [7, 11) is 0. The van der Waals surface area contributed by atoms with Crippen molar-refractivity contribution in [2.24, 2.45) is 11.8 Å². The van der Waals surface area contributed by atoms with E-state index in [1.54, 1.807) is 11.3 Å². The number of rotatable bonds is 8. The molecule has 5 rings (SSSR count). The van der Waals surface area contributed by atoms with Crippen LogP contribution in [0.2, 0.25) is 0 Å². The van der Waals surface area contributed by atoms with Gasteiger partial charge >= 0.3 is 0 Å². The molecule has 2 heterocycles. The molecule has 221 valence electrons. The van der Waals surface area contributed by atoms with Crippen LogP contribution < -0.4 is 0 Å². The molecule has 0 saturated heterocycles. The van der Waals surface area contributed by atoms with Gasteiger partial charge in [-0.3, -0.25) is 4.79 Å². The van der Waals surface area contributed by atoms with E-state index >= 15 is 0 Å². The van der Waals surface area contributed by atoms with E-state index in [1.165, 1.54) is 6.08 Å². The molecule has 0 fully saturated rings. The second-order valence-electron chi connectivity index (χ2n) is 10.1. The van der Waals surface area contributed by atoms with Crippen LogP contribution in [0.25, 0.3) is 42.2 Å². The Labute approximate surface area is 270 Å². The van der Waals surface area contributed by atoms with Gasteiger partial charge in [0.15, 0.2) is 11.5 Å². The number of hydrogen-bond acceptors (Lipinski definition) is 7. The first-order valence-electron chi connectivity index (χ1n) is 14.3. The van der Waals surface area contributed by atoms with Crippen LogP contribution in [0.15, 0.2) is 66.4 Å². The second-order valence-corrected chi connectivity index (χ2v) is 11.1. The van der Waals surface area contributed by atoms with Gasteiger partial charge in [-0.2, -0.15) is 15.6 Å². The van der Waals surface area contributed by atoms with Crippen molar-refractivity contribution in [2.45, 2.75) is 53.4 Å². The van der Waals surface area contributed by atoms with Gasteiger partial charge in [-0.15, -0.1) is 28.7 Å². The smallest absolute Gasteiger partial charge is 0.170 e. The third-order valence-corrected chi connectivity index (χ3v) is 8.73. The molecule has 6 nitrogen and oxygen atoms in total. The van der Waals surface area contributed by atoms with Crippen molar-refractivity contribution in [2.75, 3.05) is 0 Å². The number of nitriles is 2. The number of carbonyl (C=O) groups is 1. The standard InChI is InChI=1S/C22H9N4S.C13H24O2.Ir/c23-11-17-15-7-3-1-5-13(15)9-16-21(17)18(12-24)25-26-22(16)20-10-14-6-2-4-8-19(14)27-20;1-5-10(6-2)12(14)9-13(15)11(7-3)8-4;/h1-9H;9-11,14H,5-8H2,1-4H3;/q-1;;/b;12-9-;. The van der Waals surface area contributed by atoms with E-state index in [1.807, 2.05) is 82.3 Å². The van der Waals surface area contributed by atoms with E-state index in [2.05, 4.69) is 28.4 Å². The minimum absolute atomic E-state index is 0. The van der Waals surface area contributed by atoms with Crippen LogP contribution in [0.5, 0.6) is 0 Å². The Bertz CT molecular complexity index is 1820. The number of benzene rings is 3. The molecule has 1 radical (unpaired) electrons. The Kier molecular flexibility index (Phi) is 12.1. The number of fused-ring (bicyclic) bond motifs is 3. The van der Waals surface area contributed by atoms with E-state index in [-0.39, 0.29) is 49.2 Å². The summed E-state index contributed by atoms with van der Waals surface area (Å²) < 4.78 is 1.10. The first-order valence-corrected chi connectivity index (χ1v) is 15.1. The van der Waals surface area contributed by atoms with Crippen molar-refractivity contribution in [3.05, 3.63) is 83.8 Å². The average Bonchev–Trinajstić information content (AvgIpc) is 3.45. The topological polar surface area (TPSA) is 111 Å². The molecule has 1 N–H and O–H groups in total. The largest absolute Gasteiger partial charge is 0.512 e. The molecule has 0 saturated carbocycles. The fourth-order valence-electron chi connectivity index (χ4n) is 5.15. The Morgan fingerprint density at radius 2 is 1.58 bits per heavy atom. The van der Waals surface area contributed by atoms with E-state index < -0.39 is 0 Å². The Balaban J connectivity index is 0.000000274. The van der Waals surface area contributed by atoms with Gasteiger partial charge in [0.2, 0.25) is 0 Å². The summed E-state index contributed by atoms with van der Waals surface area (Å²) in [6, 6.07) is 25.4. The summed E-state index contributed by atoms with van der Waals surface area (Å²) in [5.41, 5.74) is 1.27. The number of allylic oxidation sites excluding steroid dienone is 2. The summed E-state index contributed by atoms with van der Waals surface area (Å²) in [6.45, 7) is 8.07. The van der Waals surface area contributed by atoms with E-state index in [4.69, 9.17) is 0 Å². The Morgan fingerprint density at radius 1 is 0.930 bits per heavy atom. The predicted molar refractivity (Wildman–Crippen MR) is 170 cm³/mol. The van der Waals surface area contributed by atoms with E-state index in [0.29, 0.717) is 16.6 Å². The van der Waals surface area contributed by atoms with Crippen LogP contribution >= 0.6 is 11.3 Å². The minimum Gasteiger partial charge on any atom is -0.512 e. The molecule has 5 aromatic rings. The number of nitrogens with zero attached hydrogens (tertiary/aromatic N) is 4. The first kappa shape index (κ1) is 33.6. The van der Waals surface area contributed by atoms with Crippen LogP contribution in [0, 0.1) is 40.6 Å². The maximum absolute atomic E-state index is 11.7. The molecule has 0 aliphatic carbocycles. The van der Waals surface area contributed by atoms with Gasteiger partial charge in [-0.05, 0) is 46.0 Å². The Morgan fingerprint density at radius 3 is 2.21 bits per heavy atom. The van der Waals surface area contributed by atoms with Gasteiger partial charge in [-0.25, -0.2) is 11.3 Å². The third-order valence-electron chi connectivity index (χ3n) is 7.65. The summed E-state index contributed by atoms with van der Waals surface area (Å²) in [4.78, 5) is 12.6. The molecule has 0 aliphatic rings. The number of aromatic nitrogens is 2. The van der Waals surface area contributed by atoms with Crippen molar-refractivity contribution in [3.63, 3.8) is 0 Å². The molecular weight excluding hydrogens is 733 g/mol. The molecule has 3 aromatic carbocycles. The summed E-state index contributed by atoms with van der Waals surface area (Å²) >= 11 is 1.57. The predicted octanol–water partition coefficient (Wildman–Crippen LogP) is 9.08. The number of aliphatic hydroxyl groups is 1. The quantitative estimate of drug-likeness (QED) is 0.0731. The van der Waals surface area contributed by atoms with Crippen LogP contribution in [-0.2, 0) is 24.9 Å². The van der Waals surface area contributed by atoms with Crippen LogP contribution in [-0.4, -0.2) is 21.1 Å². The van der Waals surface area contributed by atoms with Crippen LogP contribution in [0.1, 0.15) is 64.6 Å². The molecule has 0 bridgehead atoms.